The highest BCUT2D eigenvalue weighted by molar-refractivity contribution is 6.74. The summed E-state index contributed by atoms with van der Waals surface area (Å²) in [6.45, 7) is 38.5. The van der Waals surface area contributed by atoms with Gasteiger partial charge in [-0.05, 0) is 222 Å². The molecule has 0 bridgehead atoms. The minimum absolute atomic E-state index is 0.0302. The number of hydrogen-bond donors (Lipinski definition) is 7. The van der Waals surface area contributed by atoms with Crippen molar-refractivity contribution in [3.05, 3.63) is 95.2 Å². The van der Waals surface area contributed by atoms with Crippen LogP contribution in [0.15, 0.2) is 95.2 Å². The van der Waals surface area contributed by atoms with Crippen molar-refractivity contribution in [2.75, 3.05) is 0 Å². The summed E-state index contributed by atoms with van der Waals surface area (Å²) in [6, 6.07) is 0. The summed E-state index contributed by atoms with van der Waals surface area (Å²) >= 11 is 0. The number of carbonyl (C=O) groups is 6. The summed E-state index contributed by atoms with van der Waals surface area (Å²) in [6.07, 6.45) is 35.8. The maximum atomic E-state index is 12.9. The lowest BCUT2D eigenvalue weighted by Gasteiger charge is -2.44. The molecule has 3 saturated heterocycles. The Morgan fingerprint density at radius 3 is 1.27 bits per heavy atom. The Labute approximate surface area is 677 Å². The first kappa shape index (κ1) is 93.2. The molecule has 0 amide bonds. The number of carboxylic acids is 1. The van der Waals surface area contributed by atoms with Crippen LogP contribution < -0.4 is 0 Å². The fourth-order valence-corrected chi connectivity index (χ4v) is 21.0. The van der Waals surface area contributed by atoms with E-state index < -0.39 is 44.1 Å². The molecule has 0 saturated carbocycles. The third-order valence-corrected chi connectivity index (χ3v) is 32.1. The number of ether oxygens (including phenoxy) is 5. The second kappa shape index (κ2) is 41.4. The SMILES string of the molecule is CCC(C)(C)C(=O)O[C@H]1C[C@@H](C)C=C2C=C[C@H](C)[C@H](CC[C@@H]3C[C@@H](O)CC(=O)O3)C21.CC[C@H](C)C(=O)O[C@H]1C[C@@H](C)C=C2C=C[C@H](C)[C@H](CC[C@@H]3C[C@@H](O)CC(=O)O3)C21.C[C@H]1C=C2C=C[C@H](C)[C@H](CC[C@@H](O)C[C@@H](O)CC(=O)O)C2[C@@H](O)C1.C[C@H]1C=C2C=C[C@H](C)[C@H](CC[C@@H]3C[C@@H](O[Si](C)(C)C(C)(C)C)CC(=O)O3)C2[C@@H](O)C1. The van der Waals surface area contributed by atoms with Crippen LogP contribution in [0, 0.1) is 106 Å². The molecule has 8 aliphatic carbocycles. The summed E-state index contributed by atoms with van der Waals surface area (Å²) in [4.78, 5) is 71.7. The van der Waals surface area contributed by atoms with Crippen molar-refractivity contribution in [3.63, 3.8) is 0 Å². The van der Waals surface area contributed by atoms with E-state index >= 15 is 0 Å². The highest BCUT2D eigenvalue weighted by Gasteiger charge is 2.48. The Bertz CT molecular complexity index is 3440. The van der Waals surface area contributed by atoms with Gasteiger partial charge >= 0.3 is 35.8 Å². The molecule has 4 unspecified atom stereocenters. The molecular weight excluding hydrogens is 1450 g/mol. The molecule has 11 aliphatic rings. The Kier molecular flexibility index (Phi) is 34.1. The molecule has 113 heavy (non-hydrogen) atoms. The van der Waals surface area contributed by atoms with E-state index in [1.165, 1.54) is 22.3 Å². The molecule has 7 N–H and O–H groups in total. The molecular formula is C93H146O19Si. The number of hydrogen-bond acceptors (Lipinski definition) is 18. The predicted octanol–water partition coefficient (Wildman–Crippen LogP) is 16.5. The third-order valence-electron chi connectivity index (χ3n) is 27.6. The average Bonchev–Trinajstić information content (AvgIpc) is 0.796. The minimum atomic E-state index is -1.91. The van der Waals surface area contributed by atoms with Crippen molar-refractivity contribution in [2.45, 2.75) is 343 Å². The van der Waals surface area contributed by atoms with Crippen LogP contribution in [0.3, 0.4) is 0 Å². The van der Waals surface area contributed by atoms with Gasteiger partial charge in [0.1, 0.15) is 30.5 Å². The number of aliphatic carboxylic acids is 1. The van der Waals surface area contributed by atoms with E-state index in [9.17, 15) is 59.4 Å². The Morgan fingerprint density at radius 2 is 0.876 bits per heavy atom. The zero-order valence-corrected chi connectivity index (χ0v) is 72.8. The fraction of sp³-hybridized carbons (Fsp3) is 0.763. The van der Waals surface area contributed by atoms with Gasteiger partial charge in [0, 0.05) is 42.9 Å². The van der Waals surface area contributed by atoms with Crippen molar-refractivity contribution in [1.29, 1.82) is 0 Å². The van der Waals surface area contributed by atoms with Crippen LogP contribution in [0.2, 0.25) is 18.1 Å². The number of carbonyl (C=O) groups excluding carboxylic acids is 5. The first-order chi connectivity index (χ1) is 53.0. The van der Waals surface area contributed by atoms with Crippen LogP contribution in [0.25, 0.3) is 0 Å². The number of fused-ring (bicyclic) bond motifs is 4. The molecule has 3 heterocycles. The van der Waals surface area contributed by atoms with E-state index in [1.807, 2.05) is 34.6 Å². The number of carboxylic acid groups (broad SMARTS) is 1. The van der Waals surface area contributed by atoms with Crippen molar-refractivity contribution in [3.8, 4) is 0 Å². The van der Waals surface area contributed by atoms with Crippen LogP contribution in [-0.4, -0.2) is 153 Å². The quantitative estimate of drug-likeness (QED) is 0.0268. The first-order valence-corrected chi connectivity index (χ1v) is 46.5. The molecule has 19 nitrogen and oxygen atoms in total. The summed E-state index contributed by atoms with van der Waals surface area (Å²) in [7, 11) is -1.91. The lowest BCUT2D eigenvalue weighted by Crippen LogP contribution is -2.47. The van der Waals surface area contributed by atoms with Crippen molar-refractivity contribution >= 4 is 44.1 Å². The number of cyclic esters (lactones) is 3. The van der Waals surface area contributed by atoms with Gasteiger partial charge in [-0.3, -0.25) is 28.8 Å². The second-order valence-corrected chi connectivity index (χ2v) is 43.4. The standard InChI is InChI=1S/C25H38O5.C25H42O4Si.C24H36O5.C19H30O5/c1-6-25(4,5)24(28)30-21-12-15(2)11-17-8-7-16(3)20(23(17)21)10-9-19-13-18(26)14-22(27)29-19;1-16-12-18-9-8-17(2)21(24(18)22(26)13-16)11-10-19-14-20(15-23(27)28-19)29-30(6,7)25(3,4)5;1-5-15(3)24(27)29-21-11-14(2)10-17-7-6-16(4)20(23(17)21)9-8-19-12-18(25)13-22(26)28-19;1-11-7-13-4-3-12(2)16(19(13)17(22)8-11)6-5-14(20)9-15(21)10-18(23)24/h7-8,11,15-16,18-21,23,26H,6,9-10,12-14H2,1-5H3;8-9,12,16-17,19-22,24,26H,10-11,13-15H2,1-7H3;6-7,10,14-16,18-21,23,25H,5,8-9,11-13H2,1-4H3;3-4,7,11-12,14-17,19-22H,5-6,8-10H2,1-2H3,(H,23,24)/t15-,16-,18+,19+,20-,21-,23?;16-,17-,19+,20+,21-,22-,24?;14-,15-,16-,18+,19+,20-,21-,23?;11-,12-,14+,15+,16-,17-,19?/m0000/s1. The van der Waals surface area contributed by atoms with Gasteiger partial charge < -0.3 is 63.9 Å². The topological polar surface area (TPSA) is 299 Å². The Balaban J connectivity index is 0.000000189. The van der Waals surface area contributed by atoms with Crippen LogP contribution in [-0.2, 0) is 56.9 Å². The van der Waals surface area contributed by atoms with E-state index in [-0.39, 0.29) is 145 Å². The van der Waals surface area contributed by atoms with Gasteiger partial charge in [0.2, 0.25) is 0 Å². The molecule has 3 aliphatic heterocycles. The largest absolute Gasteiger partial charge is 0.481 e. The van der Waals surface area contributed by atoms with Crippen LogP contribution >= 0.6 is 0 Å². The van der Waals surface area contributed by atoms with Gasteiger partial charge in [0.15, 0.2) is 8.32 Å². The van der Waals surface area contributed by atoms with E-state index in [0.29, 0.717) is 90.8 Å². The van der Waals surface area contributed by atoms with Gasteiger partial charge in [0.05, 0.1) is 79.7 Å². The number of rotatable bonds is 24. The lowest BCUT2D eigenvalue weighted by atomic mass is 9.65. The monoisotopic (exact) mass is 1600 g/mol. The van der Waals surface area contributed by atoms with Crippen molar-refractivity contribution < 1.29 is 92.6 Å². The Morgan fingerprint density at radius 1 is 0.504 bits per heavy atom. The second-order valence-electron chi connectivity index (χ2n) is 38.7. The maximum Gasteiger partial charge on any atom is 0.311 e. The molecule has 0 aromatic rings. The number of aliphatic hydroxyl groups excluding tert-OH is 6. The van der Waals surface area contributed by atoms with E-state index in [4.69, 9.17) is 33.2 Å². The number of esters is 5. The fourth-order valence-electron chi connectivity index (χ4n) is 19.6. The molecule has 0 radical (unpaired) electrons. The predicted molar refractivity (Wildman–Crippen MR) is 441 cm³/mol. The minimum Gasteiger partial charge on any atom is -0.481 e. The van der Waals surface area contributed by atoms with E-state index in [1.54, 1.807) is 0 Å². The summed E-state index contributed by atoms with van der Waals surface area (Å²) in [5.41, 5.74) is 4.55. The molecule has 20 heteroatoms. The molecule has 11 rings (SSSR count). The molecule has 0 aromatic carbocycles. The van der Waals surface area contributed by atoms with Crippen LogP contribution in [0.1, 0.15) is 252 Å². The zero-order valence-electron chi connectivity index (χ0n) is 71.8. The normalized spacial score (nSPS) is 36.8. The average molecular weight is 1600 g/mol. The highest BCUT2D eigenvalue weighted by Crippen LogP contribution is 2.50. The number of aliphatic hydroxyl groups is 6. The smallest absolute Gasteiger partial charge is 0.311 e. The van der Waals surface area contributed by atoms with E-state index in [0.717, 1.165) is 89.9 Å². The zero-order chi connectivity index (χ0) is 83.3. The summed E-state index contributed by atoms with van der Waals surface area (Å²) < 4.78 is 35.4. The lowest BCUT2D eigenvalue weighted by molar-refractivity contribution is -0.166. The molecule has 0 spiro atoms. The van der Waals surface area contributed by atoms with Crippen molar-refractivity contribution in [2.24, 2.45) is 106 Å². The Hall–Kier alpha value is -5.32. The van der Waals surface area contributed by atoms with Crippen molar-refractivity contribution in [1.82, 2.24) is 0 Å². The molecule has 636 valence electrons. The van der Waals surface area contributed by atoms with Gasteiger partial charge in [-0.1, -0.05) is 170 Å². The molecule has 29 atom stereocenters. The van der Waals surface area contributed by atoms with Gasteiger partial charge in [-0.25, -0.2) is 0 Å². The van der Waals surface area contributed by atoms with Crippen LogP contribution in [0.4, 0.5) is 0 Å². The molecule has 0 aromatic heterocycles. The van der Waals surface area contributed by atoms with Gasteiger partial charge in [-0.15, -0.1) is 0 Å². The third kappa shape index (κ3) is 26.1. The molecule has 3 fully saturated rings. The number of allylic oxidation sites excluding steroid dienone is 12. The van der Waals surface area contributed by atoms with Gasteiger partial charge in [-0.2, -0.15) is 0 Å². The van der Waals surface area contributed by atoms with Crippen LogP contribution in [0.5, 0.6) is 0 Å². The van der Waals surface area contributed by atoms with E-state index in [2.05, 4.69) is 162 Å². The first-order valence-electron chi connectivity index (χ1n) is 43.6. The maximum absolute atomic E-state index is 12.9. The van der Waals surface area contributed by atoms with Gasteiger partial charge in [0.25, 0.3) is 0 Å². The summed E-state index contributed by atoms with van der Waals surface area (Å²) in [5.74, 6) is 2.87. The highest BCUT2D eigenvalue weighted by atomic mass is 28.4. The summed E-state index contributed by atoms with van der Waals surface area (Å²) in [5, 5.41) is 69.7.